The molecule has 3 aliphatic heterocycles. The third-order valence-electron chi connectivity index (χ3n) is 6.65. The predicted molar refractivity (Wildman–Crippen MR) is 157 cm³/mol. The van der Waals surface area contributed by atoms with E-state index in [0.717, 1.165) is 39.9 Å². The van der Waals surface area contributed by atoms with Gasteiger partial charge in [0.15, 0.2) is 11.4 Å². The minimum absolute atomic E-state index is 0.0315. The van der Waals surface area contributed by atoms with Gasteiger partial charge in [0.05, 0.1) is 11.1 Å². The number of fused-ring (bicyclic) bond motifs is 6. The van der Waals surface area contributed by atoms with E-state index < -0.39 is 11.6 Å². The van der Waals surface area contributed by atoms with Crippen LogP contribution in [-0.4, -0.2) is 51.2 Å². The number of thioether (sulfide) groups is 3. The second-order valence-electron chi connectivity index (χ2n) is 8.72. The van der Waals surface area contributed by atoms with Gasteiger partial charge >= 0.3 is 5.97 Å². The van der Waals surface area contributed by atoms with Crippen molar-refractivity contribution in [2.45, 2.75) is 15.7 Å². The molecule has 0 aliphatic carbocycles. The number of carbonyl (C=O) groups is 1. The van der Waals surface area contributed by atoms with E-state index in [0.29, 0.717) is 33.1 Å². The van der Waals surface area contributed by atoms with Crippen molar-refractivity contribution in [1.29, 1.82) is 0 Å². The number of carbonyl (C=O) groups excluding carboxylic acids is 1. The van der Waals surface area contributed by atoms with E-state index in [2.05, 4.69) is 6.26 Å². The van der Waals surface area contributed by atoms with Crippen molar-refractivity contribution in [3.63, 3.8) is 0 Å². The fourth-order valence-corrected chi connectivity index (χ4v) is 11.0. The molecule has 1 fully saturated rings. The third kappa shape index (κ3) is 4.19. The summed E-state index contributed by atoms with van der Waals surface area (Å²) in [6.07, 6.45) is 2.07. The van der Waals surface area contributed by atoms with Crippen LogP contribution in [0.1, 0.15) is 37.9 Å². The second-order valence-corrected chi connectivity index (χ2v) is 14.6. The summed E-state index contributed by atoms with van der Waals surface area (Å²) < 4.78 is 13.0. The van der Waals surface area contributed by atoms with Gasteiger partial charge in [0.1, 0.15) is 22.1 Å². The summed E-state index contributed by atoms with van der Waals surface area (Å²) in [6, 6.07) is 14.4. The largest absolute Gasteiger partial charge is 0.507 e. The maximum Gasteiger partial charge on any atom is 0.340 e. The molecule has 0 amide bonds. The molecule has 37 heavy (non-hydrogen) atoms. The first-order valence-electron chi connectivity index (χ1n) is 11.8. The predicted octanol–water partition coefficient (Wildman–Crippen LogP) is 7.29. The van der Waals surface area contributed by atoms with Gasteiger partial charge in [-0.25, -0.2) is 4.79 Å². The van der Waals surface area contributed by atoms with Crippen LogP contribution in [0.25, 0.3) is 0 Å². The molecule has 2 atom stereocenters. The van der Waals surface area contributed by atoms with E-state index in [9.17, 15) is 15.0 Å². The Balaban J connectivity index is 1.60. The van der Waals surface area contributed by atoms with Crippen molar-refractivity contribution in [3.8, 4) is 23.0 Å². The van der Waals surface area contributed by atoms with Crippen LogP contribution in [0.4, 0.5) is 0 Å². The van der Waals surface area contributed by atoms with Crippen molar-refractivity contribution < 1.29 is 24.5 Å². The Bertz CT molecular complexity index is 1370. The fourth-order valence-electron chi connectivity index (χ4n) is 5.04. The van der Waals surface area contributed by atoms with Crippen LogP contribution in [-0.2, 0) is 10.3 Å². The third-order valence-corrected chi connectivity index (χ3v) is 12.7. The molecule has 0 saturated carbocycles. The van der Waals surface area contributed by atoms with Crippen molar-refractivity contribution in [2.24, 2.45) is 0 Å². The highest BCUT2D eigenvalue weighted by atomic mass is 33.1. The van der Waals surface area contributed by atoms with Crippen LogP contribution < -0.4 is 4.74 Å². The molecule has 1 saturated heterocycles. The molecule has 3 aromatic rings. The molecule has 1 spiro atoms. The van der Waals surface area contributed by atoms with Crippen LogP contribution >= 0.6 is 56.9 Å². The molecule has 0 bridgehead atoms. The van der Waals surface area contributed by atoms with Gasteiger partial charge in [-0.1, -0.05) is 29.0 Å². The zero-order valence-electron chi connectivity index (χ0n) is 19.9. The Hall–Kier alpha value is -1.72. The van der Waals surface area contributed by atoms with Gasteiger partial charge in [-0.2, -0.15) is 35.3 Å². The molecule has 3 heterocycles. The number of esters is 1. The van der Waals surface area contributed by atoms with E-state index in [1.807, 2.05) is 30.0 Å². The summed E-state index contributed by atoms with van der Waals surface area (Å²) >= 11 is 5.42. The molecule has 5 nitrogen and oxygen atoms in total. The molecule has 0 radical (unpaired) electrons. The molecular formula is C27H24O5S5. The molecule has 6 rings (SSSR count). The Kier molecular flexibility index (Phi) is 7.22. The summed E-state index contributed by atoms with van der Waals surface area (Å²) in [6.45, 7) is 0. The number of rotatable bonds is 6. The molecule has 3 aromatic carbocycles. The monoisotopic (exact) mass is 588 g/mol. The normalized spacial score (nSPS) is 21.6. The number of hydrogen-bond acceptors (Lipinski definition) is 10. The molecule has 0 aromatic heterocycles. The summed E-state index contributed by atoms with van der Waals surface area (Å²) in [5.74, 6) is 5.64. The molecular weight excluding hydrogens is 565 g/mol. The Morgan fingerprint density at radius 3 is 2.54 bits per heavy atom. The van der Waals surface area contributed by atoms with E-state index in [-0.39, 0.29) is 16.7 Å². The Labute approximate surface area is 236 Å². The van der Waals surface area contributed by atoms with Gasteiger partial charge in [-0.3, -0.25) is 0 Å². The first kappa shape index (κ1) is 25.6. The maximum absolute atomic E-state index is 13.2. The summed E-state index contributed by atoms with van der Waals surface area (Å²) in [5, 5.41) is 22.1. The average molecular weight is 589 g/mol. The number of benzene rings is 3. The standard InChI is InChI=1S/C27H24O5S5/c1-33-10-13-36-37-25-20(29)9-7-18-24(25)31-23-17(6-8-19(28)22(23)21-14-34-11-12-35-21)27(18)16-5-3-2-4-15(16)26(30)32-27/h2-9,21,28-29H,10-14H2,1H3. The second kappa shape index (κ2) is 10.4. The maximum atomic E-state index is 13.2. The molecule has 2 N–H and O–H groups in total. The molecule has 3 aliphatic rings. The van der Waals surface area contributed by atoms with Gasteiger partial charge in [0.2, 0.25) is 0 Å². The van der Waals surface area contributed by atoms with Crippen molar-refractivity contribution in [1.82, 2.24) is 0 Å². The highest BCUT2D eigenvalue weighted by Gasteiger charge is 2.55. The number of aromatic hydroxyl groups is 2. The van der Waals surface area contributed by atoms with Crippen molar-refractivity contribution >= 4 is 62.8 Å². The van der Waals surface area contributed by atoms with Crippen molar-refractivity contribution in [2.75, 3.05) is 35.0 Å². The topological polar surface area (TPSA) is 76.0 Å². The average Bonchev–Trinajstić information content (AvgIpc) is 3.21. The number of phenolic OH excluding ortho intramolecular Hbond substituents is 2. The van der Waals surface area contributed by atoms with Gasteiger partial charge in [0.25, 0.3) is 0 Å². The van der Waals surface area contributed by atoms with Crippen LogP contribution in [0.5, 0.6) is 23.0 Å². The minimum atomic E-state index is -1.24. The lowest BCUT2D eigenvalue weighted by Crippen LogP contribution is -2.33. The highest BCUT2D eigenvalue weighted by Crippen LogP contribution is 2.62. The lowest BCUT2D eigenvalue weighted by atomic mass is 9.76. The Morgan fingerprint density at radius 2 is 1.76 bits per heavy atom. The smallest absolute Gasteiger partial charge is 0.340 e. The van der Waals surface area contributed by atoms with Crippen LogP contribution in [0.15, 0.2) is 53.4 Å². The number of hydrogen-bond donors (Lipinski definition) is 2. The quantitative estimate of drug-likeness (QED) is 0.174. The SMILES string of the molecule is CSCCSSc1c(O)ccc2c1Oc1c(ccc(O)c1C1CSCCS1)C21OC(=O)c2ccccc21. The number of phenols is 2. The van der Waals surface area contributed by atoms with Crippen LogP contribution in [0.3, 0.4) is 0 Å². The van der Waals surface area contributed by atoms with Crippen molar-refractivity contribution in [3.05, 3.63) is 76.3 Å². The van der Waals surface area contributed by atoms with Gasteiger partial charge in [-0.15, -0.1) is 0 Å². The van der Waals surface area contributed by atoms with E-state index in [4.69, 9.17) is 9.47 Å². The van der Waals surface area contributed by atoms with Crippen LogP contribution in [0, 0.1) is 0 Å². The zero-order valence-corrected chi connectivity index (χ0v) is 24.0. The zero-order chi connectivity index (χ0) is 25.6. The molecule has 2 unspecified atom stereocenters. The minimum Gasteiger partial charge on any atom is -0.507 e. The molecule has 10 heteroatoms. The highest BCUT2D eigenvalue weighted by molar-refractivity contribution is 8.76. The van der Waals surface area contributed by atoms with E-state index >= 15 is 0 Å². The van der Waals surface area contributed by atoms with E-state index in [1.165, 1.54) is 10.8 Å². The summed E-state index contributed by atoms with van der Waals surface area (Å²) in [4.78, 5) is 13.8. The first-order chi connectivity index (χ1) is 18.1. The summed E-state index contributed by atoms with van der Waals surface area (Å²) in [5.41, 5.74) is 2.10. The molecule has 192 valence electrons. The first-order valence-corrected chi connectivity index (χ1v) is 17.7. The van der Waals surface area contributed by atoms with Gasteiger partial charge < -0.3 is 19.7 Å². The fraction of sp³-hybridized carbons (Fsp3) is 0.296. The van der Waals surface area contributed by atoms with Gasteiger partial charge in [-0.05, 0) is 47.4 Å². The lowest BCUT2D eigenvalue weighted by Gasteiger charge is -2.39. The Morgan fingerprint density at radius 1 is 0.973 bits per heavy atom. The van der Waals surface area contributed by atoms with Crippen LogP contribution in [0.2, 0.25) is 0 Å². The lowest BCUT2D eigenvalue weighted by molar-refractivity contribution is 0.0221. The summed E-state index contributed by atoms with van der Waals surface area (Å²) in [7, 11) is 3.11. The van der Waals surface area contributed by atoms with Gasteiger partial charge in [0, 0.05) is 50.7 Å². The number of ether oxygens (including phenoxy) is 2. The van der Waals surface area contributed by atoms with E-state index in [1.54, 1.807) is 64.6 Å².